The van der Waals surface area contributed by atoms with Gasteiger partial charge in [-0.25, -0.2) is 0 Å². The molecule has 322 valence electrons. The van der Waals surface area contributed by atoms with Gasteiger partial charge in [-0.2, -0.15) is 11.8 Å². The summed E-state index contributed by atoms with van der Waals surface area (Å²) in [6, 6.07) is -0.555. The molecule has 0 aliphatic heterocycles. The van der Waals surface area contributed by atoms with Crippen molar-refractivity contribution in [3.05, 3.63) is 0 Å². The highest BCUT2D eigenvalue weighted by Gasteiger charge is 2.28. The van der Waals surface area contributed by atoms with Crippen LogP contribution in [0, 0.1) is 0 Å². The summed E-state index contributed by atoms with van der Waals surface area (Å²) in [6.45, 7) is 6.37. The number of hydrogen-bond donors (Lipinski definition) is 7. The molecule has 0 aromatic heterocycles. The average molecular weight is 813 g/mol. The van der Waals surface area contributed by atoms with Gasteiger partial charge in [-0.1, -0.05) is 129 Å². The minimum atomic E-state index is -4.42. The molecular weight excluding hydrogens is 731 g/mol. The van der Waals surface area contributed by atoms with Gasteiger partial charge < -0.3 is 50.8 Å². The summed E-state index contributed by atoms with van der Waals surface area (Å²) in [5, 5.41) is 17.9. The monoisotopic (exact) mass is 813 g/mol. The fourth-order valence-electron chi connectivity index (χ4n) is 5.73. The van der Waals surface area contributed by atoms with Crippen LogP contribution in [0.15, 0.2) is 0 Å². The number of ether oxygens (including phenoxy) is 3. The molecular formula is C39H81N4O9PS. The van der Waals surface area contributed by atoms with E-state index in [9.17, 15) is 14.2 Å². The van der Waals surface area contributed by atoms with E-state index in [0.29, 0.717) is 12.4 Å². The lowest BCUT2D eigenvalue weighted by Gasteiger charge is -2.20. The van der Waals surface area contributed by atoms with Gasteiger partial charge in [0.1, 0.15) is 5.66 Å². The van der Waals surface area contributed by atoms with Crippen molar-refractivity contribution in [2.24, 2.45) is 5.73 Å². The fraction of sp³-hybridized carbons (Fsp3) is 0.949. The molecule has 0 heterocycles. The summed E-state index contributed by atoms with van der Waals surface area (Å²) >= 11 is 1.62. The lowest BCUT2D eigenvalue weighted by atomic mass is 10.1. The van der Waals surface area contributed by atoms with Gasteiger partial charge in [-0.3, -0.25) is 14.2 Å². The molecule has 0 saturated carbocycles. The molecule has 1 unspecified atom stereocenters. The third-order valence-corrected chi connectivity index (χ3v) is 11.7. The number of carbonyl (C=O) groups is 2. The average Bonchev–Trinajstić information content (AvgIpc) is 3.14. The molecule has 0 aliphatic carbocycles. The van der Waals surface area contributed by atoms with E-state index in [2.05, 4.69) is 29.8 Å². The number of unbranched alkanes of at least 4 members (excludes halogenated alkanes) is 18. The van der Waals surface area contributed by atoms with Crippen molar-refractivity contribution in [3.8, 4) is 0 Å². The molecule has 0 radical (unpaired) electrons. The van der Waals surface area contributed by atoms with E-state index < -0.39 is 25.9 Å². The molecule has 0 rings (SSSR count). The van der Waals surface area contributed by atoms with Crippen molar-refractivity contribution in [2.75, 3.05) is 77.4 Å². The van der Waals surface area contributed by atoms with Crippen LogP contribution in [0.1, 0.15) is 142 Å². The van der Waals surface area contributed by atoms with Crippen molar-refractivity contribution in [1.29, 1.82) is 0 Å². The molecule has 8 N–H and O–H groups in total. The molecule has 0 aromatic rings. The Labute approximate surface area is 332 Å². The van der Waals surface area contributed by atoms with Gasteiger partial charge in [0, 0.05) is 30.7 Å². The summed E-state index contributed by atoms with van der Waals surface area (Å²) in [5.74, 6) is 0.473. The summed E-state index contributed by atoms with van der Waals surface area (Å²) in [5.41, 5.74) is 4.88. The van der Waals surface area contributed by atoms with Crippen LogP contribution in [-0.4, -0.2) is 122 Å². The predicted molar refractivity (Wildman–Crippen MR) is 222 cm³/mol. The topological polar surface area (TPSA) is 202 Å². The highest BCUT2D eigenvalue weighted by molar-refractivity contribution is 7.99. The van der Waals surface area contributed by atoms with Crippen molar-refractivity contribution >= 4 is 31.2 Å². The standard InChI is InChI=1S/C39H81N4O9PS/c1-3-5-7-9-11-13-15-17-19-21-23-41-35(31-51-25-22-20-18-16-14-12-10-8-6-4-2)33-54-34-37(40)39(46)43-29-38(45)42-24-26-50-27-28-52-32-36(30-44)53(47,48)49/h35-37,41,44H,3-34,40H2,1-2H3,(H,42,45)(H,43,46)(H2,47,48,49)/t35-,36?,37+/m1/s1. The van der Waals surface area contributed by atoms with Crippen LogP contribution in [0.2, 0.25) is 0 Å². The first-order valence-electron chi connectivity index (χ1n) is 21.2. The van der Waals surface area contributed by atoms with E-state index in [1.807, 2.05) is 0 Å². The van der Waals surface area contributed by atoms with Crippen LogP contribution in [0.5, 0.6) is 0 Å². The van der Waals surface area contributed by atoms with E-state index in [4.69, 9.17) is 34.8 Å². The Morgan fingerprint density at radius 1 is 0.648 bits per heavy atom. The van der Waals surface area contributed by atoms with E-state index >= 15 is 0 Å². The third-order valence-electron chi connectivity index (χ3n) is 9.24. The molecule has 0 spiro atoms. The maximum Gasteiger partial charge on any atom is 0.333 e. The minimum absolute atomic E-state index is 0.0823. The molecule has 0 aliphatic rings. The first-order valence-corrected chi connectivity index (χ1v) is 24.0. The van der Waals surface area contributed by atoms with Crippen LogP contribution in [0.4, 0.5) is 0 Å². The van der Waals surface area contributed by atoms with E-state index in [1.54, 1.807) is 11.8 Å². The largest absolute Gasteiger partial charge is 0.395 e. The predicted octanol–water partition coefficient (Wildman–Crippen LogP) is 5.67. The zero-order valence-corrected chi connectivity index (χ0v) is 35.8. The van der Waals surface area contributed by atoms with Crippen LogP contribution in [-0.2, 0) is 28.4 Å². The normalized spacial score (nSPS) is 13.5. The molecule has 0 fully saturated rings. The number of rotatable bonds is 42. The number of carbonyl (C=O) groups excluding carboxylic acids is 2. The summed E-state index contributed by atoms with van der Waals surface area (Å²) in [4.78, 5) is 42.8. The molecule has 15 heteroatoms. The lowest BCUT2D eigenvalue weighted by Crippen LogP contribution is -2.46. The number of amides is 2. The Hall–Kier alpha value is -0.800. The van der Waals surface area contributed by atoms with Gasteiger partial charge in [0.2, 0.25) is 11.8 Å². The Morgan fingerprint density at radius 2 is 1.17 bits per heavy atom. The van der Waals surface area contributed by atoms with Gasteiger partial charge in [0.05, 0.1) is 52.2 Å². The molecule has 0 aromatic carbocycles. The van der Waals surface area contributed by atoms with Crippen LogP contribution >= 0.6 is 19.4 Å². The smallest absolute Gasteiger partial charge is 0.333 e. The molecule has 0 saturated heterocycles. The second-order valence-electron chi connectivity index (χ2n) is 14.4. The Balaban J connectivity index is 4.27. The van der Waals surface area contributed by atoms with Crippen molar-refractivity contribution in [1.82, 2.24) is 16.0 Å². The number of aliphatic hydroxyl groups excluding tert-OH is 1. The van der Waals surface area contributed by atoms with E-state index in [1.165, 1.54) is 116 Å². The highest BCUT2D eigenvalue weighted by atomic mass is 32.2. The Bertz CT molecular complexity index is 906. The highest BCUT2D eigenvalue weighted by Crippen LogP contribution is 2.40. The maximum atomic E-state index is 12.5. The van der Waals surface area contributed by atoms with Crippen molar-refractivity contribution < 1.29 is 43.3 Å². The molecule has 2 amide bonds. The first kappa shape index (κ1) is 53.2. The zero-order chi connectivity index (χ0) is 40.0. The first-order chi connectivity index (χ1) is 26.1. The van der Waals surface area contributed by atoms with Gasteiger partial charge in [-0.05, 0) is 19.4 Å². The molecule has 13 nitrogen and oxygen atoms in total. The van der Waals surface area contributed by atoms with Crippen molar-refractivity contribution in [3.63, 3.8) is 0 Å². The van der Waals surface area contributed by atoms with Crippen LogP contribution in [0.3, 0.4) is 0 Å². The van der Waals surface area contributed by atoms with Gasteiger partial charge in [0.15, 0.2) is 0 Å². The molecule has 3 atom stereocenters. The minimum Gasteiger partial charge on any atom is -0.395 e. The lowest BCUT2D eigenvalue weighted by molar-refractivity contribution is -0.126. The number of nitrogens with one attached hydrogen (secondary N) is 3. The van der Waals surface area contributed by atoms with Crippen LogP contribution < -0.4 is 21.7 Å². The molecule has 0 bridgehead atoms. The van der Waals surface area contributed by atoms with Crippen molar-refractivity contribution in [2.45, 2.75) is 160 Å². The number of thioether (sulfide) groups is 1. The quantitative estimate of drug-likeness (QED) is 0.0295. The Kier molecular flexibility index (Phi) is 38.5. The Morgan fingerprint density at radius 3 is 1.72 bits per heavy atom. The van der Waals surface area contributed by atoms with Crippen LogP contribution in [0.25, 0.3) is 0 Å². The number of aliphatic hydroxyl groups is 1. The summed E-state index contributed by atoms with van der Waals surface area (Å²) in [6.07, 6.45) is 26.1. The SMILES string of the molecule is CCCCCCCCCCCCN[C@H](COCCCCCCCCCCCC)CSC[C@H](N)C(=O)NCC(=O)NCCOCCOCC(CO)P(=O)(O)O. The zero-order valence-electron chi connectivity index (χ0n) is 34.1. The molecule has 54 heavy (non-hydrogen) atoms. The fourth-order valence-corrected chi connectivity index (χ4v) is 7.29. The van der Waals surface area contributed by atoms with Gasteiger partial charge in [-0.15, -0.1) is 0 Å². The second-order valence-corrected chi connectivity index (χ2v) is 17.4. The second kappa shape index (κ2) is 39.0. The van der Waals surface area contributed by atoms with E-state index in [-0.39, 0.29) is 57.4 Å². The maximum absolute atomic E-state index is 12.5. The number of nitrogens with two attached hydrogens (primary N) is 1. The third kappa shape index (κ3) is 35.6. The summed E-state index contributed by atoms with van der Waals surface area (Å²) in [7, 11) is -4.42. The van der Waals surface area contributed by atoms with Gasteiger partial charge in [0.25, 0.3) is 0 Å². The summed E-state index contributed by atoms with van der Waals surface area (Å²) < 4.78 is 27.7. The number of hydrogen-bond acceptors (Lipinski definition) is 10. The van der Waals surface area contributed by atoms with Gasteiger partial charge >= 0.3 is 7.60 Å². The van der Waals surface area contributed by atoms with E-state index in [0.717, 1.165) is 31.7 Å².